The van der Waals surface area contributed by atoms with E-state index in [9.17, 15) is 4.79 Å². The summed E-state index contributed by atoms with van der Waals surface area (Å²) in [6.45, 7) is 1.44. The van der Waals surface area contributed by atoms with E-state index < -0.39 is 0 Å². The van der Waals surface area contributed by atoms with Crippen LogP contribution in [0.5, 0.6) is 0 Å². The van der Waals surface area contributed by atoms with Gasteiger partial charge in [-0.05, 0) is 31.7 Å². The number of aromatic amines is 1. The van der Waals surface area contributed by atoms with E-state index in [-0.39, 0.29) is 18.1 Å². The maximum absolute atomic E-state index is 12.9. The highest BCUT2D eigenvalue weighted by molar-refractivity contribution is 5.82. The first-order valence-electron chi connectivity index (χ1n) is 9.11. The SMILES string of the molecule is CN(C)c1nccc(-c2cn[nH]c2[C@H]2CCCN2C(=O)[C@@H]2CCCO2)n1. The maximum atomic E-state index is 12.9. The second kappa shape index (κ2) is 7.03. The summed E-state index contributed by atoms with van der Waals surface area (Å²) in [5, 5.41) is 7.35. The van der Waals surface area contributed by atoms with Crippen LogP contribution >= 0.6 is 0 Å². The molecule has 26 heavy (non-hydrogen) atoms. The molecular formula is C18H24N6O2. The largest absolute Gasteiger partial charge is 0.368 e. The van der Waals surface area contributed by atoms with Gasteiger partial charge in [-0.2, -0.15) is 5.10 Å². The van der Waals surface area contributed by atoms with Crippen molar-refractivity contribution in [1.29, 1.82) is 0 Å². The molecule has 2 atom stereocenters. The Balaban J connectivity index is 1.63. The van der Waals surface area contributed by atoms with E-state index in [1.54, 1.807) is 12.4 Å². The van der Waals surface area contributed by atoms with Crippen molar-refractivity contribution in [3.05, 3.63) is 24.2 Å². The van der Waals surface area contributed by atoms with Crippen molar-refractivity contribution < 1.29 is 9.53 Å². The number of hydrogen-bond acceptors (Lipinski definition) is 6. The quantitative estimate of drug-likeness (QED) is 0.898. The van der Waals surface area contributed by atoms with Crippen molar-refractivity contribution in [2.45, 2.75) is 37.8 Å². The summed E-state index contributed by atoms with van der Waals surface area (Å²) < 4.78 is 5.61. The monoisotopic (exact) mass is 356 g/mol. The lowest BCUT2D eigenvalue weighted by Gasteiger charge is -2.27. The molecule has 2 saturated heterocycles. The van der Waals surface area contributed by atoms with Gasteiger partial charge < -0.3 is 14.5 Å². The third-order valence-electron chi connectivity index (χ3n) is 5.06. The summed E-state index contributed by atoms with van der Waals surface area (Å²) in [7, 11) is 3.82. The van der Waals surface area contributed by atoms with Gasteiger partial charge in [0.25, 0.3) is 5.91 Å². The van der Waals surface area contributed by atoms with E-state index in [1.807, 2.05) is 30.0 Å². The maximum Gasteiger partial charge on any atom is 0.252 e. The zero-order valence-corrected chi connectivity index (χ0v) is 15.2. The number of carbonyl (C=O) groups is 1. The number of rotatable bonds is 4. The number of likely N-dealkylation sites (tertiary alicyclic amines) is 1. The molecule has 1 amide bonds. The van der Waals surface area contributed by atoms with Crippen molar-refractivity contribution in [1.82, 2.24) is 25.1 Å². The van der Waals surface area contributed by atoms with Crippen LogP contribution in [-0.2, 0) is 9.53 Å². The van der Waals surface area contributed by atoms with E-state index in [0.717, 1.165) is 49.2 Å². The molecule has 0 unspecified atom stereocenters. The fourth-order valence-electron chi connectivity index (χ4n) is 3.76. The zero-order chi connectivity index (χ0) is 18.1. The van der Waals surface area contributed by atoms with Gasteiger partial charge in [0.2, 0.25) is 5.95 Å². The van der Waals surface area contributed by atoms with Crippen molar-refractivity contribution >= 4 is 11.9 Å². The minimum atomic E-state index is -0.290. The Bertz CT molecular complexity index is 783. The molecule has 4 rings (SSSR count). The first-order valence-corrected chi connectivity index (χ1v) is 9.11. The molecule has 2 aromatic heterocycles. The van der Waals surface area contributed by atoms with Crippen LogP contribution in [0.15, 0.2) is 18.5 Å². The summed E-state index contributed by atoms with van der Waals surface area (Å²) >= 11 is 0. The normalized spacial score (nSPS) is 22.8. The standard InChI is InChI=1S/C18H24N6O2/c1-23(2)18-19-8-7-13(21-18)12-11-20-22-16(12)14-5-3-9-24(14)17(25)15-6-4-10-26-15/h7-8,11,14-15H,3-6,9-10H2,1-2H3,(H,20,22)/t14-,15+/m1/s1. The third-order valence-corrected chi connectivity index (χ3v) is 5.06. The molecule has 0 saturated carbocycles. The Kier molecular flexibility index (Phi) is 4.58. The molecule has 0 bridgehead atoms. The fraction of sp³-hybridized carbons (Fsp3) is 0.556. The predicted molar refractivity (Wildman–Crippen MR) is 96.6 cm³/mol. The van der Waals surface area contributed by atoms with Crippen LogP contribution in [-0.4, -0.2) is 64.3 Å². The number of nitrogens with one attached hydrogen (secondary N) is 1. The number of hydrogen-bond donors (Lipinski definition) is 1. The summed E-state index contributed by atoms with van der Waals surface area (Å²) in [4.78, 5) is 25.6. The Morgan fingerprint density at radius 3 is 3.00 bits per heavy atom. The van der Waals surface area contributed by atoms with Crippen LogP contribution in [0, 0.1) is 0 Å². The molecule has 0 aromatic carbocycles. The summed E-state index contributed by atoms with van der Waals surface area (Å²) in [6, 6.07) is 1.87. The number of aromatic nitrogens is 4. The van der Waals surface area contributed by atoms with Crippen LogP contribution in [0.2, 0.25) is 0 Å². The first-order chi connectivity index (χ1) is 12.6. The average molecular weight is 356 g/mol. The second-order valence-corrected chi connectivity index (χ2v) is 7.02. The number of ether oxygens (including phenoxy) is 1. The molecule has 0 spiro atoms. The van der Waals surface area contributed by atoms with Crippen LogP contribution in [0.1, 0.15) is 37.4 Å². The van der Waals surface area contributed by atoms with E-state index >= 15 is 0 Å². The van der Waals surface area contributed by atoms with Gasteiger partial charge in [0.1, 0.15) is 6.10 Å². The highest BCUT2D eigenvalue weighted by atomic mass is 16.5. The van der Waals surface area contributed by atoms with Crippen molar-refractivity contribution in [2.24, 2.45) is 0 Å². The predicted octanol–water partition coefficient (Wildman–Crippen LogP) is 1.78. The van der Waals surface area contributed by atoms with Crippen LogP contribution in [0.3, 0.4) is 0 Å². The topological polar surface area (TPSA) is 87.2 Å². The molecule has 0 aliphatic carbocycles. The molecule has 138 valence electrons. The van der Waals surface area contributed by atoms with E-state index in [1.165, 1.54) is 0 Å². The zero-order valence-electron chi connectivity index (χ0n) is 15.2. The van der Waals surface area contributed by atoms with Crippen LogP contribution in [0.4, 0.5) is 5.95 Å². The Morgan fingerprint density at radius 2 is 2.23 bits per heavy atom. The van der Waals surface area contributed by atoms with Gasteiger partial charge in [-0.15, -0.1) is 0 Å². The number of nitrogens with zero attached hydrogens (tertiary/aromatic N) is 5. The summed E-state index contributed by atoms with van der Waals surface area (Å²) in [5.41, 5.74) is 2.67. The first kappa shape index (κ1) is 17.0. The highest BCUT2D eigenvalue weighted by Crippen LogP contribution is 2.37. The third kappa shape index (κ3) is 3.05. The Hall–Kier alpha value is -2.48. The molecule has 4 heterocycles. The molecule has 1 N–H and O–H groups in total. The van der Waals surface area contributed by atoms with Crippen molar-refractivity contribution in [3.8, 4) is 11.3 Å². The summed E-state index contributed by atoms with van der Waals surface area (Å²) in [6.07, 6.45) is 6.91. The molecular weight excluding hydrogens is 332 g/mol. The highest BCUT2D eigenvalue weighted by Gasteiger charge is 2.37. The smallest absolute Gasteiger partial charge is 0.252 e. The van der Waals surface area contributed by atoms with Gasteiger partial charge in [-0.25, -0.2) is 9.97 Å². The van der Waals surface area contributed by atoms with Gasteiger partial charge >= 0.3 is 0 Å². The molecule has 8 heteroatoms. The van der Waals surface area contributed by atoms with E-state index in [2.05, 4.69) is 20.2 Å². The van der Waals surface area contributed by atoms with Crippen molar-refractivity contribution in [3.63, 3.8) is 0 Å². The molecule has 2 aliphatic rings. The lowest BCUT2D eigenvalue weighted by atomic mass is 10.0. The Labute approximate surface area is 152 Å². The van der Waals surface area contributed by atoms with Crippen LogP contribution in [0.25, 0.3) is 11.3 Å². The number of H-pyrrole nitrogens is 1. The molecule has 2 fully saturated rings. The molecule has 2 aromatic rings. The Morgan fingerprint density at radius 1 is 1.35 bits per heavy atom. The minimum absolute atomic E-state index is 0.0121. The average Bonchev–Trinajstić information content (AvgIpc) is 3.41. The van der Waals surface area contributed by atoms with Crippen molar-refractivity contribution in [2.75, 3.05) is 32.1 Å². The minimum Gasteiger partial charge on any atom is -0.368 e. The van der Waals surface area contributed by atoms with Gasteiger partial charge in [-0.3, -0.25) is 9.89 Å². The molecule has 8 nitrogen and oxygen atoms in total. The molecule has 2 aliphatic heterocycles. The lowest BCUT2D eigenvalue weighted by molar-refractivity contribution is -0.142. The number of amides is 1. The van der Waals surface area contributed by atoms with Gasteiger partial charge in [0.15, 0.2) is 0 Å². The second-order valence-electron chi connectivity index (χ2n) is 7.02. The number of carbonyl (C=O) groups excluding carboxylic acids is 1. The van der Waals surface area contributed by atoms with Gasteiger partial charge in [-0.1, -0.05) is 0 Å². The van der Waals surface area contributed by atoms with E-state index in [4.69, 9.17) is 4.74 Å². The lowest BCUT2D eigenvalue weighted by Crippen LogP contribution is -2.38. The van der Waals surface area contributed by atoms with E-state index in [0.29, 0.717) is 12.6 Å². The summed E-state index contributed by atoms with van der Waals surface area (Å²) in [5.74, 6) is 0.746. The fourth-order valence-corrected chi connectivity index (χ4v) is 3.76. The molecule has 0 radical (unpaired) electrons. The number of anilines is 1. The van der Waals surface area contributed by atoms with Gasteiger partial charge in [0, 0.05) is 39.0 Å². The van der Waals surface area contributed by atoms with Gasteiger partial charge in [0.05, 0.1) is 23.6 Å². The van der Waals surface area contributed by atoms with Crippen LogP contribution < -0.4 is 4.90 Å².